The number of nitrogens with zero attached hydrogens (tertiary/aromatic N) is 3. The SMILES string of the molecule is CC1(C)c2ccccc2-c2cc3c(cc21)c1cc2c(cc1n3-c1nc(-c3ccccc3)nc3ccccc13)-c1ccccc1C2(C)C. The molecule has 0 saturated heterocycles. The van der Waals surface area contributed by atoms with Crippen molar-refractivity contribution in [3.05, 3.63) is 150 Å². The van der Waals surface area contributed by atoms with Gasteiger partial charge in [0.1, 0.15) is 5.82 Å². The number of benzene rings is 6. The molecule has 47 heavy (non-hydrogen) atoms. The Bertz CT molecular complexity index is 2500. The van der Waals surface area contributed by atoms with Gasteiger partial charge in [0.05, 0.1) is 16.6 Å². The van der Waals surface area contributed by atoms with Gasteiger partial charge < -0.3 is 0 Å². The highest BCUT2D eigenvalue weighted by Crippen LogP contribution is 2.54. The lowest BCUT2D eigenvalue weighted by molar-refractivity contribution is 0.660. The summed E-state index contributed by atoms with van der Waals surface area (Å²) in [6.45, 7) is 9.46. The molecule has 0 spiro atoms. The summed E-state index contributed by atoms with van der Waals surface area (Å²) in [7, 11) is 0. The van der Waals surface area contributed by atoms with Crippen molar-refractivity contribution in [1.82, 2.24) is 14.5 Å². The summed E-state index contributed by atoms with van der Waals surface area (Å²) in [6, 6.07) is 46.4. The quantitative estimate of drug-likeness (QED) is 0.197. The Kier molecular flexibility index (Phi) is 5.13. The van der Waals surface area contributed by atoms with Gasteiger partial charge in [-0.15, -0.1) is 0 Å². The van der Waals surface area contributed by atoms with E-state index in [0.29, 0.717) is 0 Å². The summed E-state index contributed by atoms with van der Waals surface area (Å²) >= 11 is 0. The van der Waals surface area contributed by atoms with Crippen molar-refractivity contribution in [3.8, 4) is 39.5 Å². The van der Waals surface area contributed by atoms with Crippen LogP contribution in [-0.2, 0) is 10.8 Å². The molecule has 0 bridgehead atoms. The van der Waals surface area contributed by atoms with Crippen LogP contribution in [0.25, 0.3) is 72.2 Å². The summed E-state index contributed by atoms with van der Waals surface area (Å²) in [5, 5.41) is 3.56. The predicted octanol–water partition coefficient (Wildman–Crippen LogP) is 11.0. The molecule has 6 aromatic carbocycles. The zero-order valence-electron chi connectivity index (χ0n) is 27.0. The van der Waals surface area contributed by atoms with Crippen molar-refractivity contribution >= 4 is 32.7 Å². The van der Waals surface area contributed by atoms with E-state index in [2.05, 4.69) is 154 Å². The molecule has 8 aromatic rings. The molecular weight excluding hydrogens is 571 g/mol. The third kappa shape index (κ3) is 3.46. The Morgan fingerprint density at radius 1 is 0.447 bits per heavy atom. The molecule has 0 fully saturated rings. The fourth-order valence-electron chi connectivity index (χ4n) is 8.58. The molecule has 3 nitrogen and oxygen atoms in total. The molecule has 224 valence electrons. The first kappa shape index (κ1) is 26.7. The van der Waals surface area contributed by atoms with E-state index in [-0.39, 0.29) is 10.8 Å². The predicted molar refractivity (Wildman–Crippen MR) is 194 cm³/mol. The third-order valence-corrected chi connectivity index (χ3v) is 11.0. The molecule has 2 aliphatic carbocycles. The maximum atomic E-state index is 5.40. The van der Waals surface area contributed by atoms with E-state index in [1.165, 1.54) is 66.3 Å². The summed E-state index contributed by atoms with van der Waals surface area (Å²) in [5.74, 6) is 1.64. The van der Waals surface area contributed by atoms with Crippen LogP contribution in [-0.4, -0.2) is 14.5 Å². The molecule has 0 amide bonds. The van der Waals surface area contributed by atoms with Gasteiger partial charge in [0.25, 0.3) is 0 Å². The lowest BCUT2D eigenvalue weighted by Crippen LogP contribution is -2.15. The van der Waals surface area contributed by atoms with E-state index in [9.17, 15) is 0 Å². The molecule has 0 saturated carbocycles. The molecule has 3 heteroatoms. The average Bonchev–Trinajstić information content (AvgIpc) is 3.62. The van der Waals surface area contributed by atoms with Gasteiger partial charge in [0.2, 0.25) is 0 Å². The van der Waals surface area contributed by atoms with Crippen molar-refractivity contribution in [2.45, 2.75) is 38.5 Å². The van der Waals surface area contributed by atoms with Crippen LogP contribution in [0.1, 0.15) is 49.9 Å². The van der Waals surface area contributed by atoms with Crippen LogP contribution >= 0.6 is 0 Å². The van der Waals surface area contributed by atoms with Crippen LogP contribution in [0.15, 0.2) is 127 Å². The Morgan fingerprint density at radius 3 is 1.55 bits per heavy atom. The van der Waals surface area contributed by atoms with Crippen LogP contribution in [0.4, 0.5) is 0 Å². The van der Waals surface area contributed by atoms with Crippen molar-refractivity contribution < 1.29 is 0 Å². The molecule has 0 N–H and O–H groups in total. The minimum Gasteiger partial charge on any atom is -0.293 e. The Morgan fingerprint density at radius 2 is 0.957 bits per heavy atom. The number of rotatable bonds is 2. The fourth-order valence-corrected chi connectivity index (χ4v) is 8.58. The summed E-state index contributed by atoms with van der Waals surface area (Å²) in [6.07, 6.45) is 0. The topological polar surface area (TPSA) is 30.7 Å². The highest BCUT2D eigenvalue weighted by atomic mass is 15.1. The minimum atomic E-state index is -0.0944. The number of fused-ring (bicyclic) bond motifs is 10. The van der Waals surface area contributed by atoms with Gasteiger partial charge in [-0.3, -0.25) is 4.57 Å². The molecule has 2 heterocycles. The fraction of sp³-hybridized carbons (Fsp3) is 0.136. The largest absolute Gasteiger partial charge is 0.293 e. The van der Waals surface area contributed by atoms with Crippen molar-refractivity contribution in [2.24, 2.45) is 0 Å². The molecule has 0 radical (unpaired) electrons. The normalized spacial score (nSPS) is 15.1. The summed E-state index contributed by atoms with van der Waals surface area (Å²) in [4.78, 5) is 10.5. The minimum absolute atomic E-state index is 0.0944. The van der Waals surface area contributed by atoms with Gasteiger partial charge in [-0.2, -0.15) is 0 Å². The zero-order chi connectivity index (χ0) is 31.7. The molecular formula is C44H33N3. The standard InChI is InChI=1S/C44H33N3/c1-43(2)34-19-11-8-16-27(34)30-24-39-32(22-36(30)43)33-23-37-31(28-17-9-12-20-35(28)44(37,3)4)25-40(33)47(39)42-29-18-10-13-21-38(29)45-41(46-42)26-14-6-5-7-15-26/h5-25H,1-4H3. The van der Waals surface area contributed by atoms with E-state index >= 15 is 0 Å². The van der Waals surface area contributed by atoms with Crippen LogP contribution in [0, 0.1) is 0 Å². The van der Waals surface area contributed by atoms with Gasteiger partial charge in [0.15, 0.2) is 5.82 Å². The van der Waals surface area contributed by atoms with Gasteiger partial charge >= 0.3 is 0 Å². The van der Waals surface area contributed by atoms with Crippen LogP contribution in [0.3, 0.4) is 0 Å². The van der Waals surface area contributed by atoms with E-state index < -0.39 is 0 Å². The smallest absolute Gasteiger partial charge is 0.162 e. The monoisotopic (exact) mass is 603 g/mol. The second-order valence-corrected chi connectivity index (χ2v) is 14.3. The first-order valence-corrected chi connectivity index (χ1v) is 16.5. The Labute approximate surface area is 274 Å². The molecule has 10 rings (SSSR count). The highest BCUT2D eigenvalue weighted by molar-refractivity contribution is 6.14. The lowest BCUT2D eigenvalue weighted by Gasteiger charge is -2.22. The second kappa shape index (κ2) is 9.04. The van der Waals surface area contributed by atoms with Gasteiger partial charge in [-0.05, 0) is 80.9 Å². The Balaban J connectivity index is 1.39. The first-order chi connectivity index (χ1) is 22.8. The molecule has 0 unspecified atom stereocenters. The van der Waals surface area contributed by atoms with E-state index in [0.717, 1.165) is 28.1 Å². The molecule has 0 atom stereocenters. The lowest BCUT2D eigenvalue weighted by atomic mass is 9.81. The molecule has 0 aliphatic heterocycles. The Hall–Kier alpha value is -5.54. The zero-order valence-corrected chi connectivity index (χ0v) is 27.0. The van der Waals surface area contributed by atoms with E-state index in [4.69, 9.17) is 9.97 Å². The van der Waals surface area contributed by atoms with E-state index in [1.54, 1.807) is 0 Å². The van der Waals surface area contributed by atoms with E-state index in [1.807, 2.05) is 6.07 Å². The van der Waals surface area contributed by atoms with Gasteiger partial charge in [-0.1, -0.05) is 119 Å². The molecule has 2 aliphatic rings. The van der Waals surface area contributed by atoms with Crippen LogP contribution in [0.2, 0.25) is 0 Å². The molecule has 2 aromatic heterocycles. The number of hydrogen-bond donors (Lipinski definition) is 0. The summed E-state index contributed by atoms with van der Waals surface area (Å²) in [5.41, 5.74) is 14.9. The van der Waals surface area contributed by atoms with Crippen molar-refractivity contribution in [3.63, 3.8) is 0 Å². The van der Waals surface area contributed by atoms with Crippen LogP contribution in [0.5, 0.6) is 0 Å². The third-order valence-electron chi connectivity index (χ3n) is 11.0. The van der Waals surface area contributed by atoms with Gasteiger partial charge in [0, 0.05) is 32.6 Å². The van der Waals surface area contributed by atoms with Crippen molar-refractivity contribution in [2.75, 3.05) is 0 Å². The number of hydrogen-bond acceptors (Lipinski definition) is 2. The first-order valence-electron chi connectivity index (χ1n) is 16.5. The van der Waals surface area contributed by atoms with Crippen LogP contribution < -0.4 is 0 Å². The second-order valence-electron chi connectivity index (χ2n) is 14.3. The number of para-hydroxylation sites is 1. The number of aromatic nitrogens is 3. The maximum Gasteiger partial charge on any atom is 0.162 e. The highest BCUT2D eigenvalue weighted by Gasteiger charge is 2.38. The summed E-state index contributed by atoms with van der Waals surface area (Å²) < 4.78 is 2.42. The van der Waals surface area contributed by atoms with Crippen molar-refractivity contribution in [1.29, 1.82) is 0 Å². The maximum absolute atomic E-state index is 5.40. The van der Waals surface area contributed by atoms with Gasteiger partial charge in [-0.25, -0.2) is 9.97 Å². The average molecular weight is 604 g/mol.